The van der Waals surface area contributed by atoms with Crippen molar-refractivity contribution in [2.75, 3.05) is 4.90 Å². The van der Waals surface area contributed by atoms with Crippen molar-refractivity contribution >= 4 is 33.1 Å². The summed E-state index contributed by atoms with van der Waals surface area (Å²) in [6, 6.07) is 24.3. The molecular formula is C25H26BrNO. The first-order chi connectivity index (χ1) is 13.3. The molecule has 0 heterocycles. The van der Waals surface area contributed by atoms with Gasteiger partial charge in [-0.15, -0.1) is 0 Å². The van der Waals surface area contributed by atoms with Crippen LogP contribution < -0.4 is 4.90 Å². The number of aryl methyl sites for hydroxylation is 3. The van der Waals surface area contributed by atoms with Crippen LogP contribution in [0.3, 0.4) is 0 Å². The van der Waals surface area contributed by atoms with Gasteiger partial charge in [-0.3, -0.25) is 4.79 Å². The van der Waals surface area contributed by atoms with Gasteiger partial charge in [0.2, 0.25) is 0 Å². The minimum Gasteiger partial charge on any atom is -0.307 e. The molecule has 144 valence electrons. The van der Waals surface area contributed by atoms with Gasteiger partial charge in [0.25, 0.3) is 0 Å². The number of para-hydroxylation sites is 1. The van der Waals surface area contributed by atoms with Gasteiger partial charge < -0.3 is 4.90 Å². The summed E-state index contributed by atoms with van der Waals surface area (Å²) in [6.07, 6.45) is 0. The van der Waals surface area contributed by atoms with Crippen molar-refractivity contribution in [2.45, 2.75) is 27.7 Å². The van der Waals surface area contributed by atoms with Crippen molar-refractivity contribution in [1.29, 1.82) is 0 Å². The molecule has 0 aliphatic carbocycles. The highest BCUT2D eigenvalue weighted by molar-refractivity contribution is 9.10. The van der Waals surface area contributed by atoms with Crippen LogP contribution in [0.25, 0.3) is 0 Å². The van der Waals surface area contributed by atoms with Crippen molar-refractivity contribution in [3.8, 4) is 0 Å². The molecule has 0 atom stereocenters. The van der Waals surface area contributed by atoms with Crippen LogP contribution in [0, 0.1) is 20.8 Å². The summed E-state index contributed by atoms with van der Waals surface area (Å²) in [5.41, 5.74) is 5.91. The minimum atomic E-state index is -0.0411. The Balaban J connectivity index is 0.000000336. The second-order valence-corrected chi connectivity index (χ2v) is 7.63. The number of allylic oxidation sites excluding steroid dienone is 1. The predicted molar refractivity (Wildman–Crippen MR) is 123 cm³/mol. The number of Topliss-reactive ketones (excluding diaryl/α,β-unsaturated/α-hetero) is 1. The van der Waals surface area contributed by atoms with Gasteiger partial charge in [-0.25, -0.2) is 0 Å². The normalized spacial score (nSPS) is 9.89. The Morgan fingerprint density at radius 3 is 1.89 bits per heavy atom. The van der Waals surface area contributed by atoms with Gasteiger partial charge in [0, 0.05) is 22.8 Å². The van der Waals surface area contributed by atoms with Crippen LogP contribution in [0.1, 0.15) is 23.6 Å². The average molecular weight is 436 g/mol. The predicted octanol–water partition coefficient (Wildman–Crippen LogP) is 7.30. The van der Waals surface area contributed by atoms with Crippen LogP contribution >= 0.6 is 15.9 Å². The van der Waals surface area contributed by atoms with E-state index < -0.39 is 0 Å². The molecule has 0 amide bonds. The molecule has 0 fully saturated rings. The van der Waals surface area contributed by atoms with Crippen LogP contribution in [0.5, 0.6) is 0 Å². The van der Waals surface area contributed by atoms with E-state index in [0.717, 1.165) is 27.0 Å². The number of hydrogen-bond donors (Lipinski definition) is 0. The molecule has 0 saturated heterocycles. The summed E-state index contributed by atoms with van der Waals surface area (Å²) >= 11 is 3.47. The van der Waals surface area contributed by atoms with Crippen molar-refractivity contribution < 1.29 is 4.79 Å². The fourth-order valence-corrected chi connectivity index (χ4v) is 3.27. The maximum Gasteiger partial charge on any atom is 0.175 e. The third-order valence-electron chi connectivity index (χ3n) is 4.37. The molecule has 0 spiro atoms. The van der Waals surface area contributed by atoms with Gasteiger partial charge >= 0.3 is 0 Å². The van der Waals surface area contributed by atoms with Gasteiger partial charge in [0.05, 0.1) is 5.70 Å². The number of ketones is 1. The number of anilines is 2. The van der Waals surface area contributed by atoms with Crippen molar-refractivity contribution in [1.82, 2.24) is 0 Å². The van der Waals surface area contributed by atoms with E-state index in [2.05, 4.69) is 41.6 Å². The quantitative estimate of drug-likeness (QED) is 0.400. The number of halogens is 1. The Morgan fingerprint density at radius 2 is 1.39 bits per heavy atom. The molecule has 0 radical (unpaired) electrons. The average Bonchev–Trinajstić information content (AvgIpc) is 2.66. The van der Waals surface area contributed by atoms with E-state index in [4.69, 9.17) is 0 Å². The Bertz CT molecular complexity index is 963. The van der Waals surface area contributed by atoms with E-state index >= 15 is 0 Å². The lowest BCUT2D eigenvalue weighted by atomic mass is 10.1. The maximum atomic E-state index is 11.9. The zero-order chi connectivity index (χ0) is 20.7. The first-order valence-corrected chi connectivity index (χ1v) is 9.94. The lowest BCUT2D eigenvalue weighted by Gasteiger charge is -2.28. The third kappa shape index (κ3) is 5.67. The van der Waals surface area contributed by atoms with E-state index in [0.29, 0.717) is 5.70 Å². The lowest BCUT2D eigenvalue weighted by molar-refractivity contribution is -0.113. The largest absolute Gasteiger partial charge is 0.307 e. The van der Waals surface area contributed by atoms with Crippen molar-refractivity contribution in [2.24, 2.45) is 0 Å². The Hall–Kier alpha value is -2.65. The van der Waals surface area contributed by atoms with Gasteiger partial charge in [-0.1, -0.05) is 76.6 Å². The lowest BCUT2D eigenvalue weighted by Crippen LogP contribution is -2.22. The van der Waals surface area contributed by atoms with E-state index in [9.17, 15) is 4.79 Å². The van der Waals surface area contributed by atoms with E-state index in [1.807, 2.05) is 79.4 Å². The number of benzene rings is 3. The topological polar surface area (TPSA) is 20.3 Å². The second-order valence-electron chi connectivity index (χ2n) is 6.71. The van der Waals surface area contributed by atoms with Gasteiger partial charge in [0.1, 0.15) is 0 Å². The summed E-state index contributed by atoms with van der Waals surface area (Å²) in [5.74, 6) is -0.0411. The number of rotatable bonds is 4. The van der Waals surface area contributed by atoms with Gasteiger partial charge in [0.15, 0.2) is 5.78 Å². The summed E-state index contributed by atoms with van der Waals surface area (Å²) in [4.78, 5) is 13.8. The van der Waals surface area contributed by atoms with Gasteiger partial charge in [-0.2, -0.15) is 0 Å². The molecule has 3 aromatic carbocycles. The second kappa shape index (κ2) is 10.0. The van der Waals surface area contributed by atoms with Crippen molar-refractivity contribution in [3.63, 3.8) is 0 Å². The van der Waals surface area contributed by atoms with Crippen LogP contribution in [0.2, 0.25) is 0 Å². The fourth-order valence-electron chi connectivity index (χ4n) is 2.80. The van der Waals surface area contributed by atoms with Gasteiger partial charge in [-0.05, 0) is 56.2 Å². The minimum absolute atomic E-state index is 0.0411. The molecular weight excluding hydrogens is 410 g/mol. The monoisotopic (exact) mass is 435 g/mol. The number of nitrogens with zero attached hydrogens (tertiary/aromatic N) is 1. The van der Waals surface area contributed by atoms with E-state index in [-0.39, 0.29) is 5.78 Å². The SMILES string of the molecule is C=C(C(C)=O)N(c1ccccc1C)c1ccc(Br)cc1C.Cc1ccccc1. The number of hydrogen-bond acceptors (Lipinski definition) is 2. The number of carbonyl (C=O) groups is 1. The first-order valence-electron chi connectivity index (χ1n) is 9.14. The fraction of sp³-hybridized carbons (Fsp3) is 0.160. The molecule has 28 heavy (non-hydrogen) atoms. The standard InChI is InChI=1S/C18H18BrNO.C7H8/c1-12-7-5-6-8-17(12)20(14(3)15(4)21)18-10-9-16(19)11-13(18)2;1-7-5-3-2-4-6-7/h5-11H,3H2,1-2,4H3;2-6H,1H3. The zero-order valence-electron chi connectivity index (χ0n) is 16.9. The molecule has 3 aromatic rings. The molecule has 3 rings (SSSR count). The Labute approximate surface area is 176 Å². The molecule has 2 nitrogen and oxygen atoms in total. The van der Waals surface area contributed by atoms with Crippen LogP contribution in [-0.4, -0.2) is 5.78 Å². The highest BCUT2D eigenvalue weighted by atomic mass is 79.9. The zero-order valence-corrected chi connectivity index (χ0v) is 18.5. The molecule has 0 bridgehead atoms. The molecule has 0 aromatic heterocycles. The molecule has 0 saturated carbocycles. The summed E-state index contributed by atoms with van der Waals surface area (Å²) in [7, 11) is 0. The summed E-state index contributed by atoms with van der Waals surface area (Å²) < 4.78 is 1.02. The highest BCUT2D eigenvalue weighted by Crippen LogP contribution is 2.35. The Kier molecular flexibility index (Phi) is 7.77. The van der Waals surface area contributed by atoms with E-state index in [1.165, 1.54) is 5.56 Å². The third-order valence-corrected chi connectivity index (χ3v) is 4.87. The maximum absolute atomic E-state index is 11.9. The highest BCUT2D eigenvalue weighted by Gasteiger charge is 2.19. The van der Waals surface area contributed by atoms with Crippen LogP contribution in [-0.2, 0) is 4.79 Å². The Morgan fingerprint density at radius 1 is 0.821 bits per heavy atom. The molecule has 0 unspecified atom stereocenters. The van der Waals surface area contributed by atoms with E-state index in [1.54, 1.807) is 6.92 Å². The molecule has 0 aliphatic heterocycles. The van der Waals surface area contributed by atoms with Crippen LogP contribution in [0.15, 0.2) is 89.5 Å². The van der Waals surface area contributed by atoms with Crippen molar-refractivity contribution in [3.05, 3.63) is 106 Å². The first kappa shape index (κ1) is 21.6. The number of carbonyl (C=O) groups excluding carboxylic acids is 1. The molecule has 0 N–H and O–H groups in total. The molecule has 0 aliphatic rings. The summed E-state index contributed by atoms with van der Waals surface area (Å²) in [6.45, 7) is 11.7. The molecule has 3 heteroatoms. The summed E-state index contributed by atoms with van der Waals surface area (Å²) in [5, 5.41) is 0. The van der Waals surface area contributed by atoms with Crippen LogP contribution in [0.4, 0.5) is 11.4 Å². The smallest absolute Gasteiger partial charge is 0.175 e.